The van der Waals surface area contributed by atoms with Crippen LogP contribution in [0.25, 0.3) is 11.1 Å². The lowest BCUT2D eigenvalue weighted by Crippen LogP contribution is -1.90. The van der Waals surface area contributed by atoms with Crippen molar-refractivity contribution in [3.05, 3.63) is 59.7 Å². The molecule has 0 aliphatic heterocycles. The fourth-order valence-electron chi connectivity index (χ4n) is 1.71. The van der Waals surface area contributed by atoms with E-state index in [9.17, 15) is 9.90 Å². The van der Waals surface area contributed by atoms with Gasteiger partial charge in [0, 0.05) is 5.56 Å². The van der Waals surface area contributed by atoms with E-state index in [4.69, 9.17) is 0 Å². The maximum atomic E-state index is 10.5. The maximum Gasteiger partial charge on any atom is 0.150 e. The second-order valence-corrected chi connectivity index (χ2v) is 4.04. The molecule has 0 saturated carbocycles. The molecule has 0 saturated heterocycles. The van der Waals surface area contributed by atoms with Gasteiger partial charge in [0.2, 0.25) is 0 Å². The van der Waals surface area contributed by atoms with Gasteiger partial charge in [-0.25, -0.2) is 0 Å². The molecule has 2 rings (SSSR count). The van der Waals surface area contributed by atoms with E-state index in [1.165, 1.54) is 0 Å². The lowest BCUT2D eigenvalue weighted by Gasteiger charge is -2.06. The molecule has 17 heavy (non-hydrogen) atoms. The minimum absolute atomic E-state index is 0.443. The zero-order valence-electron chi connectivity index (χ0n) is 9.63. The van der Waals surface area contributed by atoms with Crippen LogP contribution in [0.4, 0.5) is 0 Å². The smallest absolute Gasteiger partial charge is 0.150 e. The standard InChI is InChI=1S/C15H14O2/c1-11(17)13-6-8-15(9-7-13)14-4-2-12(10-16)3-5-14/h2-11,17H,1H3. The van der Waals surface area contributed by atoms with Gasteiger partial charge in [-0.1, -0.05) is 48.5 Å². The highest BCUT2D eigenvalue weighted by atomic mass is 16.3. The number of aliphatic hydroxyl groups is 1. The minimum Gasteiger partial charge on any atom is -0.389 e. The molecule has 1 unspecified atom stereocenters. The van der Waals surface area contributed by atoms with Crippen LogP contribution in [0, 0.1) is 0 Å². The van der Waals surface area contributed by atoms with Crippen LogP contribution < -0.4 is 0 Å². The SMILES string of the molecule is CC(O)c1ccc(-c2ccc(C=O)cc2)cc1. The summed E-state index contributed by atoms with van der Waals surface area (Å²) in [5.74, 6) is 0. The zero-order valence-corrected chi connectivity index (χ0v) is 9.63. The van der Waals surface area contributed by atoms with Crippen LogP contribution in [0.3, 0.4) is 0 Å². The summed E-state index contributed by atoms with van der Waals surface area (Å²) in [6, 6.07) is 15.2. The molecule has 2 nitrogen and oxygen atoms in total. The van der Waals surface area contributed by atoms with E-state index < -0.39 is 6.10 Å². The van der Waals surface area contributed by atoms with Crippen molar-refractivity contribution in [2.45, 2.75) is 13.0 Å². The molecule has 0 aromatic heterocycles. The molecule has 1 N–H and O–H groups in total. The molecule has 2 heteroatoms. The van der Waals surface area contributed by atoms with Crippen molar-refractivity contribution in [3.63, 3.8) is 0 Å². The molecule has 0 fully saturated rings. The van der Waals surface area contributed by atoms with E-state index in [1.54, 1.807) is 19.1 Å². The lowest BCUT2D eigenvalue weighted by molar-refractivity contribution is 0.112. The van der Waals surface area contributed by atoms with Crippen LogP contribution >= 0.6 is 0 Å². The van der Waals surface area contributed by atoms with Crippen molar-refractivity contribution in [3.8, 4) is 11.1 Å². The highest BCUT2D eigenvalue weighted by Gasteiger charge is 2.01. The predicted molar refractivity (Wildman–Crippen MR) is 67.9 cm³/mol. The molecule has 0 spiro atoms. The molecule has 0 radical (unpaired) electrons. The molecule has 0 aliphatic rings. The normalized spacial score (nSPS) is 12.1. The van der Waals surface area contributed by atoms with Crippen molar-refractivity contribution in [1.82, 2.24) is 0 Å². The van der Waals surface area contributed by atoms with Gasteiger partial charge in [0.1, 0.15) is 6.29 Å². The van der Waals surface area contributed by atoms with Gasteiger partial charge in [-0.15, -0.1) is 0 Å². The van der Waals surface area contributed by atoms with Crippen LogP contribution in [0.2, 0.25) is 0 Å². The average molecular weight is 226 g/mol. The number of benzene rings is 2. The summed E-state index contributed by atoms with van der Waals surface area (Å²) in [5.41, 5.74) is 3.72. The van der Waals surface area contributed by atoms with Crippen molar-refractivity contribution >= 4 is 6.29 Å². The lowest BCUT2D eigenvalue weighted by atomic mass is 10.0. The first-order chi connectivity index (χ1) is 8.20. The number of aldehydes is 1. The molecule has 1 atom stereocenters. The molecular weight excluding hydrogens is 212 g/mol. The van der Waals surface area contributed by atoms with Crippen molar-refractivity contribution in [2.75, 3.05) is 0 Å². The van der Waals surface area contributed by atoms with Gasteiger partial charge in [0.15, 0.2) is 0 Å². The predicted octanol–water partition coefficient (Wildman–Crippen LogP) is 3.22. The van der Waals surface area contributed by atoms with Crippen LogP contribution in [-0.4, -0.2) is 11.4 Å². The van der Waals surface area contributed by atoms with Gasteiger partial charge >= 0.3 is 0 Å². The summed E-state index contributed by atoms with van der Waals surface area (Å²) in [4.78, 5) is 10.5. The van der Waals surface area contributed by atoms with Crippen molar-refractivity contribution in [2.24, 2.45) is 0 Å². The Bertz CT molecular complexity index is 495. The monoisotopic (exact) mass is 226 g/mol. The molecule has 0 bridgehead atoms. The highest BCUT2D eigenvalue weighted by Crippen LogP contribution is 2.22. The van der Waals surface area contributed by atoms with Crippen molar-refractivity contribution in [1.29, 1.82) is 0 Å². The first kappa shape index (κ1) is 11.6. The fraction of sp³-hybridized carbons (Fsp3) is 0.133. The summed E-state index contributed by atoms with van der Waals surface area (Å²) in [6.45, 7) is 1.74. The summed E-state index contributed by atoms with van der Waals surface area (Å²) in [5, 5.41) is 9.41. The number of rotatable bonds is 3. The van der Waals surface area contributed by atoms with E-state index in [2.05, 4.69) is 0 Å². The summed E-state index contributed by atoms with van der Waals surface area (Å²) in [6.07, 6.45) is 0.391. The first-order valence-electron chi connectivity index (χ1n) is 5.54. The van der Waals surface area contributed by atoms with Crippen LogP contribution in [0.5, 0.6) is 0 Å². The van der Waals surface area contributed by atoms with E-state index in [-0.39, 0.29) is 0 Å². The third kappa shape index (κ3) is 2.60. The largest absolute Gasteiger partial charge is 0.389 e. The van der Waals surface area contributed by atoms with Gasteiger partial charge < -0.3 is 5.11 Å². The van der Waals surface area contributed by atoms with E-state index in [1.807, 2.05) is 36.4 Å². The Balaban J connectivity index is 2.29. The van der Waals surface area contributed by atoms with Gasteiger partial charge in [-0.3, -0.25) is 4.79 Å². The van der Waals surface area contributed by atoms with Gasteiger partial charge in [0.05, 0.1) is 6.10 Å². The number of hydrogen-bond donors (Lipinski definition) is 1. The highest BCUT2D eigenvalue weighted by molar-refractivity contribution is 5.76. The van der Waals surface area contributed by atoms with Gasteiger partial charge in [-0.05, 0) is 23.6 Å². The van der Waals surface area contributed by atoms with Crippen LogP contribution in [0.1, 0.15) is 28.9 Å². The van der Waals surface area contributed by atoms with E-state index >= 15 is 0 Å². The molecule has 0 aliphatic carbocycles. The molecule has 2 aromatic rings. The number of carbonyl (C=O) groups excluding carboxylic acids is 1. The topological polar surface area (TPSA) is 37.3 Å². The molecule has 0 amide bonds. The summed E-state index contributed by atoms with van der Waals surface area (Å²) < 4.78 is 0. The maximum absolute atomic E-state index is 10.5. The van der Waals surface area contributed by atoms with Crippen molar-refractivity contribution < 1.29 is 9.90 Å². The number of aliphatic hydroxyl groups excluding tert-OH is 1. The van der Waals surface area contributed by atoms with E-state index in [0.717, 1.165) is 23.0 Å². The average Bonchev–Trinajstić information content (AvgIpc) is 2.39. The Kier molecular flexibility index (Phi) is 3.35. The Morgan fingerprint density at radius 3 is 1.82 bits per heavy atom. The quantitative estimate of drug-likeness (QED) is 0.816. The second kappa shape index (κ2) is 4.93. The molecule has 86 valence electrons. The third-order valence-corrected chi connectivity index (χ3v) is 2.77. The zero-order chi connectivity index (χ0) is 12.3. The third-order valence-electron chi connectivity index (χ3n) is 2.77. The number of carbonyl (C=O) groups is 1. The Labute approximate surface area is 101 Å². The summed E-state index contributed by atoms with van der Waals surface area (Å²) in [7, 11) is 0. The van der Waals surface area contributed by atoms with Crippen LogP contribution in [-0.2, 0) is 0 Å². The minimum atomic E-state index is -0.443. The van der Waals surface area contributed by atoms with Gasteiger partial charge in [0.25, 0.3) is 0 Å². The Hall–Kier alpha value is -1.93. The Morgan fingerprint density at radius 2 is 1.41 bits per heavy atom. The first-order valence-corrected chi connectivity index (χ1v) is 5.54. The fourth-order valence-corrected chi connectivity index (χ4v) is 1.71. The van der Waals surface area contributed by atoms with E-state index in [0.29, 0.717) is 5.56 Å². The molecular formula is C15H14O2. The molecule has 2 aromatic carbocycles. The molecule has 0 heterocycles. The Morgan fingerprint density at radius 1 is 0.941 bits per heavy atom. The van der Waals surface area contributed by atoms with Gasteiger partial charge in [-0.2, -0.15) is 0 Å². The van der Waals surface area contributed by atoms with Crippen LogP contribution in [0.15, 0.2) is 48.5 Å². The summed E-state index contributed by atoms with van der Waals surface area (Å²) >= 11 is 0. The second-order valence-electron chi connectivity index (χ2n) is 4.04. The number of hydrogen-bond acceptors (Lipinski definition) is 2.